The summed E-state index contributed by atoms with van der Waals surface area (Å²) in [4.78, 5) is 14.3. The van der Waals surface area contributed by atoms with Crippen molar-refractivity contribution in [3.8, 4) is 0 Å². The first-order valence-electron chi connectivity index (χ1n) is 7.23. The van der Waals surface area contributed by atoms with Gasteiger partial charge in [-0.25, -0.2) is 0 Å². The molecule has 0 spiro atoms. The van der Waals surface area contributed by atoms with E-state index in [-0.39, 0.29) is 12.0 Å². The van der Waals surface area contributed by atoms with Gasteiger partial charge in [0.15, 0.2) is 0 Å². The van der Waals surface area contributed by atoms with Crippen molar-refractivity contribution in [2.75, 3.05) is 37.3 Å². The highest BCUT2D eigenvalue weighted by Crippen LogP contribution is 2.24. The molecule has 1 aliphatic rings. The van der Waals surface area contributed by atoms with Crippen LogP contribution in [0.1, 0.15) is 19.8 Å². The van der Waals surface area contributed by atoms with Gasteiger partial charge in [0, 0.05) is 38.3 Å². The third-order valence-corrected chi connectivity index (χ3v) is 3.77. The number of nitrogens with two attached hydrogens (primary N) is 1. The quantitative estimate of drug-likeness (QED) is 0.838. The fourth-order valence-corrected chi connectivity index (χ4v) is 2.62. The van der Waals surface area contributed by atoms with Crippen LogP contribution in [-0.2, 0) is 9.53 Å². The van der Waals surface area contributed by atoms with E-state index in [4.69, 9.17) is 22.1 Å². The van der Waals surface area contributed by atoms with Crippen LogP contribution in [0.5, 0.6) is 0 Å². The molecule has 1 saturated heterocycles. The lowest BCUT2D eigenvalue weighted by atomic mass is 10.2. The summed E-state index contributed by atoms with van der Waals surface area (Å²) in [6.07, 6.45) is 1.67. The molecule has 1 aliphatic heterocycles. The molecule has 1 aromatic rings. The van der Waals surface area contributed by atoms with Gasteiger partial charge in [-0.3, -0.25) is 4.79 Å². The van der Waals surface area contributed by atoms with Crippen molar-refractivity contribution in [1.82, 2.24) is 4.90 Å². The molecule has 1 aromatic carbocycles. The zero-order chi connectivity index (χ0) is 15.2. The number of benzene rings is 1. The van der Waals surface area contributed by atoms with E-state index in [1.54, 1.807) is 18.2 Å². The molecule has 1 fully saturated rings. The molecule has 5 nitrogen and oxygen atoms in total. The number of ether oxygens (including phenoxy) is 1. The molecule has 3 N–H and O–H groups in total. The number of amides is 1. The molecular formula is C15H22ClN3O2. The zero-order valence-corrected chi connectivity index (χ0v) is 13.0. The van der Waals surface area contributed by atoms with Crippen LogP contribution in [0.4, 0.5) is 11.4 Å². The molecule has 0 aliphatic carbocycles. The summed E-state index contributed by atoms with van der Waals surface area (Å²) in [7, 11) is 0. The van der Waals surface area contributed by atoms with E-state index in [1.807, 2.05) is 0 Å². The predicted octanol–water partition coefficient (Wildman–Crippen LogP) is 2.36. The van der Waals surface area contributed by atoms with E-state index in [9.17, 15) is 4.79 Å². The lowest BCUT2D eigenvalue weighted by Gasteiger charge is -2.21. The molecule has 116 valence electrons. The van der Waals surface area contributed by atoms with Gasteiger partial charge >= 0.3 is 0 Å². The molecule has 2 rings (SSSR count). The van der Waals surface area contributed by atoms with Gasteiger partial charge in [-0.1, -0.05) is 11.6 Å². The molecule has 0 aromatic heterocycles. The largest absolute Gasteiger partial charge is 0.399 e. The van der Waals surface area contributed by atoms with Gasteiger partial charge in [0.1, 0.15) is 0 Å². The van der Waals surface area contributed by atoms with Gasteiger partial charge in [0.05, 0.1) is 16.8 Å². The van der Waals surface area contributed by atoms with E-state index in [0.29, 0.717) is 22.8 Å². The zero-order valence-electron chi connectivity index (χ0n) is 12.3. The fraction of sp³-hybridized carbons (Fsp3) is 0.533. The fourth-order valence-electron chi connectivity index (χ4n) is 2.39. The monoisotopic (exact) mass is 311 g/mol. The first-order chi connectivity index (χ1) is 10.0. The van der Waals surface area contributed by atoms with Crippen LogP contribution in [0, 0.1) is 0 Å². The summed E-state index contributed by atoms with van der Waals surface area (Å²) in [5, 5.41) is 3.28. The molecule has 0 radical (unpaired) electrons. The van der Waals surface area contributed by atoms with Crippen molar-refractivity contribution >= 4 is 28.9 Å². The molecule has 1 atom stereocenters. The second-order valence-electron chi connectivity index (χ2n) is 5.37. The van der Waals surface area contributed by atoms with Crippen LogP contribution >= 0.6 is 11.6 Å². The van der Waals surface area contributed by atoms with Crippen molar-refractivity contribution in [2.24, 2.45) is 0 Å². The molecule has 1 amide bonds. The Labute approximate surface area is 130 Å². The van der Waals surface area contributed by atoms with Crippen LogP contribution in [0.25, 0.3) is 0 Å². The topological polar surface area (TPSA) is 67.6 Å². The molecule has 0 saturated carbocycles. The number of nitrogens with one attached hydrogen (secondary N) is 1. The average molecular weight is 312 g/mol. The molecule has 21 heavy (non-hydrogen) atoms. The summed E-state index contributed by atoms with van der Waals surface area (Å²) in [6, 6.07) is 5.07. The third-order valence-electron chi connectivity index (χ3n) is 3.46. The Kier molecular flexibility index (Phi) is 5.85. The van der Waals surface area contributed by atoms with Gasteiger partial charge in [0.2, 0.25) is 5.91 Å². The summed E-state index contributed by atoms with van der Waals surface area (Å²) in [6.45, 7) is 5.43. The lowest BCUT2D eigenvalue weighted by Crippen LogP contribution is -2.33. The Morgan fingerprint density at radius 2 is 2.38 bits per heavy atom. The van der Waals surface area contributed by atoms with Gasteiger partial charge in [-0.2, -0.15) is 0 Å². The highest BCUT2D eigenvalue weighted by Gasteiger charge is 2.16. The number of carbonyl (C=O) groups is 1. The molecule has 6 heteroatoms. The number of nitrogens with zero attached hydrogens (tertiary/aromatic N) is 1. The lowest BCUT2D eigenvalue weighted by molar-refractivity contribution is -0.116. The van der Waals surface area contributed by atoms with Gasteiger partial charge < -0.3 is 20.7 Å². The van der Waals surface area contributed by atoms with Crippen molar-refractivity contribution in [2.45, 2.75) is 25.9 Å². The van der Waals surface area contributed by atoms with Crippen molar-refractivity contribution < 1.29 is 9.53 Å². The van der Waals surface area contributed by atoms with E-state index >= 15 is 0 Å². The summed E-state index contributed by atoms with van der Waals surface area (Å²) < 4.78 is 5.59. The number of rotatable bonds is 4. The second-order valence-corrected chi connectivity index (χ2v) is 5.78. The van der Waals surface area contributed by atoms with Gasteiger partial charge in [0.25, 0.3) is 0 Å². The second kappa shape index (κ2) is 7.64. The maximum Gasteiger partial charge on any atom is 0.225 e. The first kappa shape index (κ1) is 16.1. The standard InChI is InChI=1S/C15H22ClN3O2/c1-11-10-19(6-2-8-21-11)7-5-15(20)18-14-4-3-12(17)9-13(14)16/h3-4,9,11H,2,5-8,10,17H2,1H3,(H,18,20). The normalized spacial score (nSPS) is 20.0. The predicted molar refractivity (Wildman–Crippen MR) is 85.6 cm³/mol. The number of hydrogen-bond donors (Lipinski definition) is 2. The Balaban J connectivity index is 1.81. The maximum absolute atomic E-state index is 12.0. The Hall–Kier alpha value is -1.30. The smallest absolute Gasteiger partial charge is 0.225 e. The molecule has 1 unspecified atom stereocenters. The highest BCUT2D eigenvalue weighted by molar-refractivity contribution is 6.34. The minimum Gasteiger partial charge on any atom is -0.399 e. The summed E-state index contributed by atoms with van der Waals surface area (Å²) in [5.74, 6) is -0.0421. The minimum absolute atomic E-state index is 0.0421. The Morgan fingerprint density at radius 3 is 3.14 bits per heavy atom. The molecular weight excluding hydrogens is 290 g/mol. The van der Waals surface area contributed by atoms with Crippen molar-refractivity contribution in [1.29, 1.82) is 0 Å². The molecule has 0 bridgehead atoms. The number of nitrogen functional groups attached to an aromatic ring is 1. The minimum atomic E-state index is -0.0421. The Morgan fingerprint density at radius 1 is 1.57 bits per heavy atom. The van der Waals surface area contributed by atoms with Crippen LogP contribution in [-0.4, -0.2) is 43.2 Å². The van der Waals surface area contributed by atoms with Gasteiger partial charge in [-0.05, 0) is 31.5 Å². The van der Waals surface area contributed by atoms with E-state index in [0.717, 1.165) is 32.7 Å². The number of hydrogen-bond acceptors (Lipinski definition) is 4. The van der Waals surface area contributed by atoms with Gasteiger partial charge in [-0.15, -0.1) is 0 Å². The van der Waals surface area contributed by atoms with Crippen LogP contribution in [0.15, 0.2) is 18.2 Å². The summed E-state index contributed by atoms with van der Waals surface area (Å²) in [5.41, 5.74) is 6.81. The van der Waals surface area contributed by atoms with Crippen LogP contribution < -0.4 is 11.1 Å². The molecule has 1 heterocycles. The summed E-state index contributed by atoms with van der Waals surface area (Å²) >= 11 is 6.04. The highest BCUT2D eigenvalue weighted by atomic mass is 35.5. The third kappa shape index (κ3) is 5.19. The number of anilines is 2. The van der Waals surface area contributed by atoms with E-state index in [2.05, 4.69) is 17.1 Å². The number of halogens is 1. The number of carbonyl (C=O) groups excluding carboxylic acids is 1. The van der Waals surface area contributed by atoms with E-state index < -0.39 is 0 Å². The Bertz CT molecular complexity index is 496. The first-order valence-corrected chi connectivity index (χ1v) is 7.61. The van der Waals surface area contributed by atoms with Crippen molar-refractivity contribution in [3.05, 3.63) is 23.2 Å². The van der Waals surface area contributed by atoms with Crippen LogP contribution in [0.3, 0.4) is 0 Å². The van der Waals surface area contributed by atoms with Crippen LogP contribution in [0.2, 0.25) is 5.02 Å². The van der Waals surface area contributed by atoms with Crippen molar-refractivity contribution in [3.63, 3.8) is 0 Å². The van der Waals surface area contributed by atoms with E-state index in [1.165, 1.54) is 0 Å². The maximum atomic E-state index is 12.0. The average Bonchev–Trinajstić information content (AvgIpc) is 2.64. The SMILES string of the molecule is CC1CN(CCC(=O)Nc2ccc(N)cc2Cl)CCCO1.